The molecule has 17 heavy (non-hydrogen) atoms. The van der Waals surface area contributed by atoms with E-state index in [1.165, 1.54) is 19.8 Å². The Bertz CT molecular complexity index is 552. The van der Waals surface area contributed by atoms with Gasteiger partial charge >= 0.3 is 0 Å². The van der Waals surface area contributed by atoms with Crippen molar-refractivity contribution in [1.82, 2.24) is 19.7 Å². The molecule has 2 heterocycles. The molecule has 0 unspecified atom stereocenters. The van der Waals surface area contributed by atoms with Crippen LogP contribution in [0.2, 0.25) is 0 Å². The van der Waals surface area contributed by atoms with Crippen molar-refractivity contribution in [2.75, 3.05) is 5.32 Å². The molecule has 0 spiro atoms. The summed E-state index contributed by atoms with van der Waals surface area (Å²) >= 11 is 0. The number of rotatable bonds is 3. The summed E-state index contributed by atoms with van der Waals surface area (Å²) in [7, 11) is 0. The van der Waals surface area contributed by atoms with E-state index in [0.717, 1.165) is 11.4 Å². The number of carbonyl (C=O) groups is 1. The summed E-state index contributed by atoms with van der Waals surface area (Å²) in [5, 5.41) is 7.05. The monoisotopic (exact) mass is 231 g/mol. The zero-order valence-electron chi connectivity index (χ0n) is 9.47. The lowest BCUT2D eigenvalue weighted by molar-refractivity contribution is -0.114. The number of H-pyrrole nitrogens is 1. The Morgan fingerprint density at radius 2 is 2.35 bits per heavy atom. The minimum atomic E-state index is -0.144. The highest BCUT2D eigenvalue weighted by Crippen LogP contribution is 2.34. The van der Waals surface area contributed by atoms with Crippen LogP contribution < -0.4 is 5.32 Å². The summed E-state index contributed by atoms with van der Waals surface area (Å²) in [6, 6.07) is 2.50. The molecular weight excluding hydrogens is 218 g/mol. The number of aromatic nitrogens is 4. The maximum atomic E-state index is 10.9. The Kier molecular flexibility index (Phi) is 2.21. The summed E-state index contributed by atoms with van der Waals surface area (Å²) in [6.45, 7) is 1.45. The third-order valence-electron chi connectivity index (χ3n) is 2.66. The minimum Gasteiger partial charge on any atom is -0.330 e. The van der Waals surface area contributed by atoms with E-state index in [0.29, 0.717) is 12.0 Å². The summed E-state index contributed by atoms with van der Waals surface area (Å²) in [5.41, 5.74) is 1.57. The molecule has 1 aliphatic rings. The number of anilines is 1. The molecule has 0 bridgehead atoms. The van der Waals surface area contributed by atoms with Crippen LogP contribution in [0.5, 0.6) is 0 Å². The largest absolute Gasteiger partial charge is 0.330 e. The van der Waals surface area contributed by atoms with Crippen molar-refractivity contribution in [3.63, 3.8) is 0 Å². The Labute approximate surface area is 98.1 Å². The Hall–Kier alpha value is -2.11. The third kappa shape index (κ3) is 2.06. The molecule has 0 aliphatic heterocycles. The first-order chi connectivity index (χ1) is 8.22. The molecule has 0 atom stereocenters. The molecule has 3 rings (SSSR count). The molecular formula is C11H13N5O. The topological polar surface area (TPSA) is 75.6 Å². The second kappa shape index (κ2) is 3.73. The normalized spacial score (nSPS) is 14.9. The van der Waals surface area contributed by atoms with Gasteiger partial charge < -0.3 is 4.98 Å². The molecule has 1 amide bonds. The maximum absolute atomic E-state index is 10.9. The van der Waals surface area contributed by atoms with Crippen molar-refractivity contribution < 1.29 is 4.79 Å². The number of carbonyl (C=O) groups excluding carboxylic acids is 1. The quantitative estimate of drug-likeness (QED) is 0.841. The van der Waals surface area contributed by atoms with Gasteiger partial charge in [0, 0.05) is 19.3 Å². The van der Waals surface area contributed by atoms with Gasteiger partial charge in [0.05, 0.1) is 6.04 Å². The second-order valence-corrected chi connectivity index (χ2v) is 4.23. The van der Waals surface area contributed by atoms with Crippen LogP contribution in [0, 0.1) is 0 Å². The Morgan fingerprint density at radius 1 is 1.53 bits per heavy atom. The van der Waals surface area contributed by atoms with Crippen molar-refractivity contribution in [1.29, 1.82) is 0 Å². The van der Waals surface area contributed by atoms with E-state index < -0.39 is 0 Å². The predicted molar refractivity (Wildman–Crippen MR) is 62.4 cm³/mol. The summed E-state index contributed by atoms with van der Waals surface area (Å²) in [4.78, 5) is 18.0. The van der Waals surface area contributed by atoms with E-state index in [9.17, 15) is 4.79 Å². The molecule has 2 N–H and O–H groups in total. The van der Waals surface area contributed by atoms with Gasteiger partial charge in [0.25, 0.3) is 0 Å². The average molecular weight is 231 g/mol. The minimum absolute atomic E-state index is 0.144. The summed E-state index contributed by atoms with van der Waals surface area (Å²) < 4.78 is 1.97. The van der Waals surface area contributed by atoms with Gasteiger partial charge in [-0.25, -0.2) is 4.98 Å². The van der Waals surface area contributed by atoms with Crippen molar-refractivity contribution >= 4 is 11.9 Å². The number of imidazole rings is 1. The molecule has 1 fully saturated rings. The lowest BCUT2D eigenvalue weighted by atomic mass is 10.3. The van der Waals surface area contributed by atoms with Gasteiger partial charge in [-0.2, -0.15) is 5.10 Å². The highest BCUT2D eigenvalue weighted by Gasteiger charge is 2.24. The molecule has 1 aliphatic carbocycles. The number of aromatic amines is 1. The van der Waals surface area contributed by atoms with Gasteiger partial charge in [0.1, 0.15) is 11.4 Å². The molecule has 6 nitrogen and oxygen atoms in total. The van der Waals surface area contributed by atoms with Gasteiger partial charge in [0.2, 0.25) is 11.9 Å². The van der Waals surface area contributed by atoms with Crippen LogP contribution in [0.15, 0.2) is 18.5 Å². The zero-order chi connectivity index (χ0) is 11.8. The summed E-state index contributed by atoms with van der Waals surface area (Å²) in [6.07, 6.45) is 6.13. The lowest BCUT2D eigenvalue weighted by Crippen LogP contribution is -2.06. The smallest absolute Gasteiger partial charge is 0.223 e. The predicted octanol–water partition coefficient (Wildman–Crippen LogP) is 1.57. The van der Waals surface area contributed by atoms with Crippen molar-refractivity contribution in [2.24, 2.45) is 0 Å². The first-order valence-corrected chi connectivity index (χ1v) is 5.61. The van der Waals surface area contributed by atoms with Gasteiger partial charge in [-0.05, 0) is 18.9 Å². The van der Waals surface area contributed by atoms with Crippen LogP contribution in [0.3, 0.4) is 0 Å². The van der Waals surface area contributed by atoms with Crippen LogP contribution in [0.25, 0.3) is 11.4 Å². The van der Waals surface area contributed by atoms with Gasteiger partial charge in [-0.15, -0.1) is 0 Å². The number of hydrogen-bond acceptors (Lipinski definition) is 3. The van der Waals surface area contributed by atoms with Crippen molar-refractivity contribution in [3.05, 3.63) is 18.5 Å². The van der Waals surface area contributed by atoms with E-state index in [-0.39, 0.29) is 5.91 Å². The molecule has 1 saturated carbocycles. The van der Waals surface area contributed by atoms with E-state index in [1.807, 2.05) is 16.9 Å². The Balaban J connectivity index is 1.81. The first kappa shape index (κ1) is 10.1. The highest BCUT2D eigenvalue weighted by atomic mass is 16.1. The van der Waals surface area contributed by atoms with Crippen LogP contribution in [-0.4, -0.2) is 25.7 Å². The van der Waals surface area contributed by atoms with Crippen LogP contribution in [0.4, 0.5) is 5.95 Å². The molecule has 0 saturated heterocycles. The van der Waals surface area contributed by atoms with Crippen LogP contribution in [-0.2, 0) is 4.79 Å². The van der Waals surface area contributed by atoms with Gasteiger partial charge in [-0.1, -0.05) is 0 Å². The zero-order valence-corrected chi connectivity index (χ0v) is 9.47. The molecule has 0 aromatic carbocycles. The standard InChI is InChI=1S/C11H13N5O/c1-7(17)13-11-12-6-10(14-11)9-4-5-16(15-9)8-2-3-8/h4-6,8H,2-3H2,1H3,(H2,12,13,14,17). The van der Waals surface area contributed by atoms with E-state index >= 15 is 0 Å². The number of hydrogen-bond donors (Lipinski definition) is 2. The van der Waals surface area contributed by atoms with E-state index in [1.54, 1.807) is 6.20 Å². The molecule has 2 aromatic heterocycles. The third-order valence-corrected chi connectivity index (χ3v) is 2.66. The van der Waals surface area contributed by atoms with E-state index in [4.69, 9.17) is 0 Å². The fraction of sp³-hybridized carbons (Fsp3) is 0.364. The average Bonchev–Trinajstić information content (AvgIpc) is 2.84. The summed E-state index contributed by atoms with van der Waals surface area (Å²) in [5.74, 6) is 0.308. The maximum Gasteiger partial charge on any atom is 0.223 e. The second-order valence-electron chi connectivity index (χ2n) is 4.23. The van der Waals surface area contributed by atoms with Crippen LogP contribution in [0.1, 0.15) is 25.8 Å². The molecule has 88 valence electrons. The SMILES string of the molecule is CC(=O)Nc1nc(-c2ccn(C3CC3)n2)c[nH]1. The highest BCUT2D eigenvalue weighted by molar-refractivity contribution is 5.86. The molecule has 2 aromatic rings. The van der Waals surface area contributed by atoms with Gasteiger partial charge in [-0.3, -0.25) is 14.8 Å². The van der Waals surface area contributed by atoms with Crippen LogP contribution >= 0.6 is 0 Å². The van der Waals surface area contributed by atoms with Crippen molar-refractivity contribution in [2.45, 2.75) is 25.8 Å². The molecule has 0 radical (unpaired) electrons. The number of nitrogens with one attached hydrogen (secondary N) is 2. The molecule has 6 heteroatoms. The fourth-order valence-corrected chi connectivity index (χ4v) is 1.70. The van der Waals surface area contributed by atoms with Gasteiger partial charge in [0.15, 0.2) is 0 Å². The Morgan fingerprint density at radius 3 is 3.06 bits per heavy atom. The van der Waals surface area contributed by atoms with E-state index in [2.05, 4.69) is 20.4 Å². The van der Waals surface area contributed by atoms with Crippen molar-refractivity contribution in [3.8, 4) is 11.4 Å². The lowest BCUT2D eigenvalue weighted by Gasteiger charge is -1.94. The number of nitrogens with zero attached hydrogens (tertiary/aromatic N) is 3. The fourth-order valence-electron chi connectivity index (χ4n) is 1.70. The first-order valence-electron chi connectivity index (χ1n) is 5.61. The number of amides is 1.